The number of hydrogen-bond acceptors (Lipinski definition) is 2. The molecule has 0 aromatic heterocycles. The Morgan fingerprint density at radius 1 is 1.55 bits per heavy atom. The Morgan fingerprint density at radius 2 is 2.18 bits per heavy atom. The van der Waals surface area contributed by atoms with Gasteiger partial charge in [0.25, 0.3) is 0 Å². The normalized spacial score (nSPS) is 9.82. The molecule has 0 atom stereocenters. The quantitative estimate of drug-likeness (QED) is 0.607. The summed E-state index contributed by atoms with van der Waals surface area (Å²) in [6, 6.07) is 3.86. The van der Waals surface area contributed by atoms with Crippen LogP contribution in [0.25, 0.3) is 0 Å². The SMILES string of the molecule is COc1cc(Br)c(S)cc1I. The molecule has 0 saturated heterocycles. The number of ether oxygens (including phenoxy) is 1. The molecular formula is C7H6BrIOS. The third-order valence-electron chi connectivity index (χ3n) is 1.22. The first kappa shape index (κ1) is 9.67. The van der Waals surface area contributed by atoms with E-state index in [2.05, 4.69) is 51.1 Å². The van der Waals surface area contributed by atoms with Crippen LogP contribution in [0.15, 0.2) is 21.5 Å². The molecular weight excluding hydrogens is 339 g/mol. The second-order valence-electron chi connectivity index (χ2n) is 1.94. The van der Waals surface area contributed by atoms with Crippen molar-refractivity contribution in [3.05, 3.63) is 20.2 Å². The smallest absolute Gasteiger partial charge is 0.133 e. The summed E-state index contributed by atoms with van der Waals surface area (Å²) in [5.41, 5.74) is 0. The van der Waals surface area contributed by atoms with E-state index in [1.807, 2.05) is 12.1 Å². The largest absolute Gasteiger partial charge is 0.496 e. The summed E-state index contributed by atoms with van der Waals surface area (Å²) in [6.45, 7) is 0. The molecule has 0 aliphatic heterocycles. The van der Waals surface area contributed by atoms with Gasteiger partial charge in [-0.05, 0) is 50.7 Å². The molecule has 1 rings (SSSR count). The molecule has 0 amide bonds. The Kier molecular flexibility index (Phi) is 3.52. The van der Waals surface area contributed by atoms with Gasteiger partial charge < -0.3 is 4.74 Å². The Morgan fingerprint density at radius 3 is 2.73 bits per heavy atom. The molecule has 11 heavy (non-hydrogen) atoms. The molecule has 4 heteroatoms. The van der Waals surface area contributed by atoms with Gasteiger partial charge in [0.05, 0.1) is 10.7 Å². The minimum absolute atomic E-state index is 0.871. The van der Waals surface area contributed by atoms with Crippen LogP contribution in [-0.2, 0) is 0 Å². The lowest BCUT2D eigenvalue weighted by molar-refractivity contribution is 0.411. The topological polar surface area (TPSA) is 9.23 Å². The van der Waals surface area contributed by atoms with Crippen molar-refractivity contribution in [1.82, 2.24) is 0 Å². The third-order valence-corrected chi connectivity index (χ3v) is 3.40. The van der Waals surface area contributed by atoms with E-state index in [1.165, 1.54) is 0 Å². The third kappa shape index (κ3) is 2.26. The van der Waals surface area contributed by atoms with E-state index in [9.17, 15) is 0 Å². The van der Waals surface area contributed by atoms with E-state index in [0.717, 1.165) is 18.7 Å². The number of methoxy groups -OCH3 is 1. The standard InChI is InChI=1S/C7H6BrIOS/c1-10-6-2-4(8)7(11)3-5(6)9/h2-3,11H,1H3. The number of thiol groups is 1. The molecule has 0 fully saturated rings. The Balaban J connectivity index is 3.21. The van der Waals surface area contributed by atoms with Gasteiger partial charge in [-0.3, -0.25) is 0 Å². The average Bonchev–Trinajstić information content (AvgIpc) is 1.97. The first-order valence-electron chi connectivity index (χ1n) is 2.87. The lowest BCUT2D eigenvalue weighted by Crippen LogP contribution is -1.86. The second-order valence-corrected chi connectivity index (χ2v) is 4.44. The van der Waals surface area contributed by atoms with Gasteiger partial charge in [0, 0.05) is 9.37 Å². The lowest BCUT2D eigenvalue weighted by Gasteiger charge is -2.04. The highest BCUT2D eigenvalue weighted by molar-refractivity contribution is 14.1. The van der Waals surface area contributed by atoms with Gasteiger partial charge in [-0.25, -0.2) is 0 Å². The molecule has 0 spiro atoms. The predicted octanol–water partition coefficient (Wildman–Crippen LogP) is 3.35. The fourth-order valence-corrected chi connectivity index (χ4v) is 2.12. The van der Waals surface area contributed by atoms with Crippen LogP contribution in [0.3, 0.4) is 0 Å². The molecule has 0 aliphatic rings. The van der Waals surface area contributed by atoms with Crippen molar-refractivity contribution in [3.8, 4) is 5.75 Å². The molecule has 0 unspecified atom stereocenters. The van der Waals surface area contributed by atoms with Crippen LogP contribution in [0, 0.1) is 3.57 Å². The fraction of sp³-hybridized carbons (Fsp3) is 0.143. The molecule has 0 saturated carbocycles. The minimum atomic E-state index is 0.871. The molecule has 0 radical (unpaired) electrons. The summed E-state index contributed by atoms with van der Waals surface area (Å²) in [5, 5.41) is 0. The maximum Gasteiger partial charge on any atom is 0.133 e. The molecule has 0 heterocycles. The lowest BCUT2D eigenvalue weighted by atomic mass is 10.3. The van der Waals surface area contributed by atoms with Crippen molar-refractivity contribution in [1.29, 1.82) is 0 Å². The van der Waals surface area contributed by atoms with Crippen LogP contribution >= 0.6 is 51.1 Å². The van der Waals surface area contributed by atoms with Crippen molar-refractivity contribution >= 4 is 51.1 Å². The molecule has 60 valence electrons. The first-order valence-corrected chi connectivity index (χ1v) is 5.19. The van der Waals surface area contributed by atoms with Gasteiger partial charge >= 0.3 is 0 Å². The second kappa shape index (κ2) is 4.00. The van der Waals surface area contributed by atoms with E-state index in [0.29, 0.717) is 0 Å². The van der Waals surface area contributed by atoms with E-state index in [1.54, 1.807) is 7.11 Å². The minimum Gasteiger partial charge on any atom is -0.496 e. The summed E-state index contributed by atoms with van der Waals surface area (Å²) < 4.78 is 7.13. The summed E-state index contributed by atoms with van der Waals surface area (Å²) in [6.07, 6.45) is 0. The van der Waals surface area contributed by atoms with Crippen LogP contribution in [-0.4, -0.2) is 7.11 Å². The molecule has 1 aromatic rings. The van der Waals surface area contributed by atoms with Crippen LogP contribution in [0.1, 0.15) is 0 Å². The molecule has 0 bridgehead atoms. The molecule has 0 aliphatic carbocycles. The zero-order valence-electron chi connectivity index (χ0n) is 5.77. The zero-order chi connectivity index (χ0) is 8.43. The first-order chi connectivity index (χ1) is 5.15. The van der Waals surface area contributed by atoms with E-state index < -0.39 is 0 Å². The van der Waals surface area contributed by atoms with Gasteiger partial charge in [-0.2, -0.15) is 0 Å². The number of hydrogen-bond donors (Lipinski definition) is 1. The fourth-order valence-electron chi connectivity index (χ4n) is 0.675. The highest BCUT2D eigenvalue weighted by atomic mass is 127. The van der Waals surface area contributed by atoms with Crippen molar-refractivity contribution in [2.45, 2.75) is 4.90 Å². The highest BCUT2D eigenvalue weighted by Crippen LogP contribution is 2.30. The molecule has 0 N–H and O–H groups in total. The van der Waals surface area contributed by atoms with Crippen molar-refractivity contribution in [2.75, 3.05) is 7.11 Å². The summed E-state index contributed by atoms with van der Waals surface area (Å²) in [7, 11) is 1.65. The van der Waals surface area contributed by atoms with Gasteiger partial charge in [0.1, 0.15) is 5.75 Å². The van der Waals surface area contributed by atoms with Gasteiger partial charge in [0.15, 0.2) is 0 Å². The number of benzene rings is 1. The maximum absolute atomic E-state index is 5.11. The van der Waals surface area contributed by atoms with E-state index >= 15 is 0 Å². The van der Waals surface area contributed by atoms with Crippen molar-refractivity contribution in [3.63, 3.8) is 0 Å². The predicted molar refractivity (Wildman–Crippen MR) is 60.7 cm³/mol. The Labute approximate surface area is 93.2 Å². The zero-order valence-corrected chi connectivity index (χ0v) is 10.4. The number of halogens is 2. The van der Waals surface area contributed by atoms with Crippen LogP contribution < -0.4 is 4.74 Å². The van der Waals surface area contributed by atoms with Gasteiger partial charge in [-0.1, -0.05) is 0 Å². The van der Waals surface area contributed by atoms with Crippen LogP contribution in [0.4, 0.5) is 0 Å². The molecule has 1 nitrogen and oxygen atoms in total. The van der Waals surface area contributed by atoms with Crippen LogP contribution in [0.2, 0.25) is 0 Å². The van der Waals surface area contributed by atoms with Gasteiger partial charge in [-0.15, -0.1) is 12.6 Å². The summed E-state index contributed by atoms with van der Waals surface area (Å²) in [5.74, 6) is 0.871. The van der Waals surface area contributed by atoms with Crippen molar-refractivity contribution in [2.24, 2.45) is 0 Å². The summed E-state index contributed by atoms with van der Waals surface area (Å²) in [4.78, 5) is 0.926. The van der Waals surface area contributed by atoms with Gasteiger partial charge in [0.2, 0.25) is 0 Å². The summed E-state index contributed by atoms with van der Waals surface area (Å²) >= 11 is 9.82. The Bertz CT molecular complexity index is 277. The number of rotatable bonds is 1. The van der Waals surface area contributed by atoms with Crippen LogP contribution in [0.5, 0.6) is 5.75 Å². The molecule has 1 aromatic carbocycles. The average molecular weight is 345 g/mol. The van der Waals surface area contributed by atoms with Crippen molar-refractivity contribution < 1.29 is 4.74 Å². The van der Waals surface area contributed by atoms with E-state index in [-0.39, 0.29) is 0 Å². The monoisotopic (exact) mass is 344 g/mol. The Hall–Kier alpha value is 0.580. The van der Waals surface area contributed by atoms with E-state index in [4.69, 9.17) is 4.74 Å². The maximum atomic E-state index is 5.11. The highest BCUT2D eigenvalue weighted by Gasteiger charge is 2.03.